The lowest BCUT2D eigenvalue weighted by atomic mass is 10.1. The molecule has 0 aliphatic heterocycles. The number of aromatic nitrogens is 2. The zero-order valence-electron chi connectivity index (χ0n) is 13.7. The van der Waals surface area contributed by atoms with Crippen molar-refractivity contribution in [1.82, 2.24) is 9.78 Å². The van der Waals surface area contributed by atoms with Crippen LogP contribution < -0.4 is 5.32 Å². The molecule has 2 N–H and O–H groups in total. The van der Waals surface area contributed by atoms with Crippen molar-refractivity contribution >= 4 is 35.0 Å². The van der Waals surface area contributed by atoms with Crippen LogP contribution >= 0.6 is 11.8 Å². The maximum absolute atomic E-state index is 12.4. The van der Waals surface area contributed by atoms with E-state index in [1.165, 1.54) is 54.8 Å². The van der Waals surface area contributed by atoms with Gasteiger partial charge in [-0.05, 0) is 32.2 Å². The predicted octanol–water partition coefficient (Wildman–Crippen LogP) is 2.59. The summed E-state index contributed by atoms with van der Waals surface area (Å²) in [5, 5.41) is 26.8. The first-order valence-electron chi connectivity index (χ1n) is 7.09. The topological polar surface area (TPSA) is 127 Å². The number of nitro groups is 1. The molecule has 10 heteroatoms. The Morgan fingerprint density at radius 2 is 2.08 bits per heavy atom. The highest BCUT2D eigenvalue weighted by atomic mass is 32.2. The summed E-state index contributed by atoms with van der Waals surface area (Å²) < 4.78 is 1.19. The summed E-state index contributed by atoms with van der Waals surface area (Å²) in [6, 6.07) is 4.27. The first kappa shape index (κ1) is 18.5. The lowest BCUT2D eigenvalue weighted by Gasteiger charge is -2.19. The second-order valence-corrected chi connectivity index (χ2v) is 6.51. The molecular weight excluding hydrogens is 348 g/mol. The van der Waals surface area contributed by atoms with E-state index in [1.807, 2.05) is 0 Å². The number of amides is 1. The van der Waals surface area contributed by atoms with E-state index in [0.29, 0.717) is 4.90 Å². The molecule has 1 aromatic heterocycles. The van der Waals surface area contributed by atoms with Crippen molar-refractivity contribution in [3.8, 4) is 0 Å². The molecule has 0 bridgehead atoms. The first-order chi connectivity index (χ1) is 11.7. The van der Waals surface area contributed by atoms with Crippen molar-refractivity contribution in [2.24, 2.45) is 0 Å². The van der Waals surface area contributed by atoms with Gasteiger partial charge in [-0.3, -0.25) is 19.6 Å². The van der Waals surface area contributed by atoms with Gasteiger partial charge in [0.2, 0.25) is 0 Å². The third-order valence-corrected chi connectivity index (χ3v) is 4.31. The quantitative estimate of drug-likeness (QED) is 0.458. The number of carbonyl (C=O) groups excluding carboxylic acids is 1. The third kappa shape index (κ3) is 3.79. The molecule has 25 heavy (non-hydrogen) atoms. The van der Waals surface area contributed by atoms with Crippen molar-refractivity contribution in [2.45, 2.75) is 24.3 Å². The van der Waals surface area contributed by atoms with Crippen LogP contribution in [-0.2, 0) is 10.3 Å². The van der Waals surface area contributed by atoms with E-state index in [-0.39, 0.29) is 16.9 Å². The summed E-state index contributed by atoms with van der Waals surface area (Å²) in [5.74, 6) is -1.76. The van der Waals surface area contributed by atoms with E-state index >= 15 is 0 Å². The van der Waals surface area contributed by atoms with Gasteiger partial charge < -0.3 is 10.4 Å². The molecule has 0 aliphatic rings. The Hall–Kier alpha value is -2.88. The van der Waals surface area contributed by atoms with Crippen LogP contribution in [-0.4, -0.2) is 37.9 Å². The van der Waals surface area contributed by atoms with Crippen LogP contribution in [0.1, 0.15) is 24.2 Å². The number of carboxylic acid groups (broad SMARTS) is 1. The Morgan fingerprint density at radius 3 is 2.64 bits per heavy atom. The molecule has 0 fully saturated rings. The van der Waals surface area contributed by atoms with E-state index in [2.05, 4.69) is 10.4 Å². The van der Waals surface area contributed by atoms with Crippen LogP contribution in [0.5, 0.6) is 0 Å². The number of hydrogen-bond acceptors (Lipinski definition) is 6. The number of carbonyl (C=O) groups is 2. The Kier molecular flexibility index (Phi) is 5.12. The van der Waals surface area contributed by atoms with Gasteiger partial charge >= 0.3 is 5.97 Å². The highest BCUT2D eigenvalue weighted by Crippen LogP contribution is 2.26. The number of nitro benzene ring substituents is 1. The summed E-state index contributed by atoms with van der Waals surface area (Å²) in [4.78, 5) is 34.9. The molecule has 1 amide bonds. The van der Waals surface area contributed by atoms with Crippen molar-refractivity contribution < 1.29 is 19.6 Å². The molecule has 0 unspecified atom stereocenters. The van der Waals surface area contributed by atoms with Crippen molar-refractivity contribution in [3.63, 3.8) is 0 Å². The van der Waals surface area contributed by atoms with Crippen molar-refractivity contribution in [2.75, 3.05) is 11.6 Å². The number of hydrogen-bond donors (Lipinski definition) is 2. The molecule has 0 radical (unpaired) electrons. The molecule has 132 valence electrons. The summed E-state index contributed by atoms with van der Waals surface area (Å²) in [6.07, 6.45) is 4.43. The van der Waals surface area contributed by atoms with Crippen molar-refractivity contribution in [1.29, 1.82) is 0 Å². The number of thioether (sulfide) groups is 1. The molecule has 0 atom stereocenters. The molecule has 2 aromatic rings. The molecule has 0 aliphatic carbocycles. The molecule has 2 rings (SSSR count). The Labute approximate surface area is 147 Å². The van der Waals surface area contributed by atoms with Gasteiger partial charge in [-0.1, -0.05) is 0 Å². The first-order valence-corrected chi connectivity index (χ1v) is 8.31. The van der Waals surface area contributed by atoms with Crippen LogP contribution in [0.15, 0.2) is 35.5 Å². The van der Waals surface area contributed by atoms with Crippen LogP contribution in [0, 0.1) is 10.1 Å². The number of nitrogens with zero attached hydrogens (tertiary/aromatic N) is 3. The number of rotatable bonds is 6. The molecular formula is C15H16N4O5S. The SMILES string of the molecule is CSc1ccc([N+](=O)[O-])c(C(=O)Nc2cnn(C(C)(C)C(=O)O)c2)c1. The minimum absolute atomic E-state index is 0.0814. The molecule has 0 saturated carbocycles. The minimum atomic E-state index is -1.30. The highest BCUT2D eigenvalue weighted by Gasteiger charge is 2.30. The van der Waals surface area contributed by atoms with Gasteiger partial charge in [0, 0.05) is 17.2 Å². The standard InChI is InChI=1S/C15H16N4O5S/c1-15(2,14(21)22)18-8-9(7-16-18)17-13(20)11-6-10(25-3)4-5-12(11)19(23)24/h4-8H,1-3H3,(H,17,20)(H,21,22). The maximum atomic E-state index is 12.4. The smallest absolute Gasteiger partial charge is 0.331 e. The van der Waals surface area contributed by atoms with E-state index in [4.69, 9.17) is 0 Å². The third-order valence-electron chi connectivity index (χ3n) is 3.58. The number of aliphatic carboxylic acids is 1. The largest absolute Gasteiger partial charge is 0.479 e. The van der Waals surface area contributed by atoms with Gasteiger partial charge in [0.05, 0.1) is 16.8 Å². The molecule has 1 aromatic carbocycles. The van der Waals surface area contributed by atoms with Crippen LogP contribution in [0.25, 0.3) is 0 Å². The fourth-order valence-electron chi connectivity index (χ4n) is 1.97. The van der Waals surface area contributed by atoms with Gasteiger partial charge in [-0.25, -0.2) is 4.79 Å². The summed E-state index contributed by atoms with van der Waals surface area (Å²) >= 11 is 1.35. The van der Waals surface area contributed by atoms with Gasteiger partial charge in [0.1, 0.15) is 5.56 Å². The normalized spacial score (nSPS) is 11.2. The fourth-order valence-corrected chi connectivity index (χ4v) is 2.41. The van der Waals surface area contributed by atoms with Gasteiger partial charge in [0.25, 0.3) is 11.6 Å². The minimum Gasteiger partial charge on any atom is -0.479 e. The number of nitrogens with one attached hydrogen (secondary N) is 1. The molecule has 1 heterocycles. The van der Waals surface area contributed by atoms with E-state index < -0.39 is 22.3 Å². The average Bonchev–Trinajstić information content (AvgIpc) is 3.03. The fraction of sp³-hybridized carbons (Fsp3) is 0.267. The molecule has 0 saturated heterocycles. The van der Waals surface area contributed by atoms with E-state index in [0.717, 1.165) is 0 Å². The van der Waals surface area contributed by atoms with Crippen LogP contribution in [0.2, 0.25) is 0 Å². The zero-order chi connectivity index (χ0) is 18.8. The Balaban J connectivity index is 2.30. The van der Waals surface area contributed by atoms with E-state index in [9.17, 15) is 24.8 Å². The lowest BCUT2D eigenvalue weighted by molar-refractivity contribution is -0.385. The molecule has 9 nitrogen and oxygen atoms in total. The number of carboxylic acids is 1. The van der Waals surface area contributed by atoms with Crippen LogP contribution in [0.4, 0.5) is 11.4 Å². The second-order valence-electron chi connectivity index (χ2n) is 5.63. The number of benzene rings is 1. The van der Waals surface area contributed by atoms with Gasteiger partial charge in [-0.15, -0.1) is 11.8 Å². The van der Waals surface area contributed by atoms with Crippen LogP contribution in [0.3, 0.4) is 0 Å². The van der Waals surface area contributed by atoms with Crippen molar-refractivity contribution in [3.05, 3.63) is 46.3 Å². The second kappa shape index (κ2) is 6.93. The van der Waals surface area contributed by atoms with Gasteiger partial charge in [0.15, 0.2) is 5.54 Å². The molecule has 0 spiro atoms. The monoisotopic (exact) mass is 364 g/mol. The Morgan fingerprint density at radius 1 is 1.40 bits per heavy atom. The lowest BCUT2D eigenvalue weighted by Crippen LogP contribution is -2.35. The number of anilines is 1. The van der Waals surface area contributed by atoms with E-state index in [1.54, 1.807) is 12.3 Å². The highest BCUT2D eigenvalue weighted by molar-refractivity contribution is 7.98. The predicted molar refractivity (Wildman–Crippen MR) is 92.0 cm³/mol. The maximum Gasteiger partial charge on any atom is 0.331 e. The summed E-state index contributed by atoms with van der Waals surface area (Å²) in [6.45, 7) is 2.92. The summed E-state index contributed by atoms with van der Waals surface area (Å²) in [7, 11) is 0. The van der Waals surface area contributed by atoms with Gasteiger partial charge in [-0.2, -0.15) is 5.10 Å². The Bertz CT molecular complexity index is 846. The zero-order valence-corrected chi connectivity index (χ0v) is 14.5. The average molecular weight is 364 g/mol. The summed E-state index contributed by atoms with van der Waals surface area (Å²) in [5.41, 5.74) is -1.45.